The highest BCUT2D eigenvalue weighted by atomic mass is 35.5. The van der Waals surface area contributed by atoms with Gasteiger partial charge < -0.3 is 9.74 Å². The van der Waals surface area contributed by atoms with Gasteiger partial charge in [0.15, 0.2) is 0 Å². The fourth-order valence-electron chi connectivity index (χ4n) is 3.10. The third-order valence-electron chi connectivity index (χ3n) is 4.72. The summed E-state index contributed by atoms with van der Waals surface area (Å²) in [7, 11) is 0. The summed E-state index contributed by atoms with van der Waals surface area (Å²) in [6, 6.07) is 5.72. The van der Waals surface area contributed by atoms with Crippen LogP contribution in [0.2, 0.25) is 10.0 Å². The molecule has 0 saturated heterocycles. The summed E-state index contributed by atoms with van der Waals surface area (Å²) < 4.78 is 0. The molecule has 1 aromatic rings. The van der Waals surface area contributed by atoms with Gasteiger partial charge in [-0.1, -0.05) is 55.2 Å². The lowest BCUT2D eigenvalue weighted by molar-refractivity contribution is 0.113. The lowest BCUT2D eigenvalue weighted by Gasteiger charge is -2.23. The summed E-state index contributed by atoms with van der Waals surface area (Å²) in [5, 5.41) is 5.64. The van der Waals surface area contributed by atoms with E-state index in [2.05, 4.69) is 36.9 Å². The van der Waals surface area contributed by atoms with Gasteiger partial charge in [-0.15, -0.1) is 0 Å². The summed E-state index contributed by atoms with van der Waals surface area (Å²) in [6.45, 7) is 10.1. The van der Waals surface area contributed by atoms with E-state index >= 15 is 0 Å². The van der Waals surface area contributed by atoms with Gasteiger partial charge in [0.1, 0.15) is 6.61 Å². The zero-order valence-corrected chi connectivity index (χ0v) is 16.9. The maximum absolute atomic E-state index is 6.14. The molecule has 0 unspecified atom stereocenters. The highest BCUT2D eigenvalue weighted by Crippen LogP contribution is 2.29. The molecular weight excluding hydrogens is 355 g/mol. The van der Waals surface area contributed by atoms with Crippen molar-refractivity contribution in [3.63, 3.8) is 0 Å². The maximum Gasteiger partial charge on any atom is 0.129 e. The van der Waals surface area contributed by atoms with E-state index in [9.17, 15) is 0 Å². The Bertz CT molecular complexity index is 624. The Balaban J connectivity index is 2.10. The van der Waals surface area contributed by atoms with Crippen LogP contribution in [0.25, 0.3) is 6.08 Å². The predicted octanol–water partition coefficient (Wildman–Crippen LogP) is 5.91. The summed E-state index contributed by atoms with van der Waals surface area (Å²) in [5.41, 5.74) is 3.35. The van der Waals surface area contributed by atoms with Crippen molar-refractivity contribution in [2.75, 3.05) is 26.2 Å². The first-order valence-corrected chi connectivity index (χ1v) is 9.88. The zero-order chi connectivity index (χ0) is 18.2. The molecule has 0 heterocycles. The largest absolute Gasteiger partial charge is 0.394 e. The summed E-state index contributed by atoms with van der Waals surface area (Å²) in [5.74, 6) is 0.413. The van der Waals surface area contributed by atoms with Crippen LogP contribution in [-0.2, 0) is 4.84 Å². The molecule has 25 heavy (non-hydrogen) atoms. The molecule has 1 aliphatic carbocycles. The van der Waals surface area contributed by atoms with Crippen molar-refractivity contribution < 1.29 is 4.84 Å². The number of oxime groups is 1. The van der Waals surface area contributed by atoms with Crippen LogP contribution in [0.5, 0.6) is 0 Å². The second kappa shape index (κ2) is 10.2. The van der Waals surface area contributed by atoms with E-state index < -0.39 is 0 Å². The molecule has 1 saturated carbocycles. The van der Waals surface area contributed by atoms with Crippen LogP contribution in [0.3, 0.4) is 0 Å². The fraction of sp³-hybridized carbons (Fsp3) is 0.550. The molecule has 0 aliphatic heterocycles. The first-order chi connectivity index (χ1) is 12.0. The van der Waals surface area contributed by atoms with Crippen molar-refractivity contribution in [3.05, 3.63) is 39.4 Å². The minimum Gasteiger partial charge on any atom is -0.394 e. The molecular formula is C20H28Cl2N2O. The normalized spacial score (nSPS) is 21.3. The van der Waals surface area contributed by atoms with E-state index in [4.69, 9.17) is 28.0 Å². The Morgan fingerprint density at radius 3 is 2.68 bits per heavy atom. The monoisotopic (exact) mass is 382 g/mol. The van der Waals surface area contributed by atoms with Gasteiger partial charge in [0.25, 0.3) is 0 Å². The molecule has 1 aromatic carbocycles. The highest BCUT2D eigenvalue weighted by molar-refractivity contribution is 6.42. The topological polar surface area (TPSA) is 24.8 Å². The Kier molecular flexibility index (Phi) is 8.28. The second-order valence-electron chi connectivity index (χ2n) is 6.47. The van der Waals surface area contributed by atoms with Gasteiger partial charge >= 0.3 is 0 Å². The molecule has 0 bridgehead atoms. The molecule has 0 N–H and O–H groups in total. The number of likely N-dealkylation sites (N-methyl/N-ethyl adjacent to an activating group) is 1. The van der Waals surface area contributed by atoms with Gasteiger partial charge in [-0.25, -0.2) is 0 Å². The molecule has 0 spiro atoms. The number of benzene rings is 1. The molecule has 0 radical (unpaired) electrons. The van der Waals surface area contributed by atoms with Crippen molar-refractivity contribution >= 4 is 35.0 Å². The number of nitrogens with zero attached hydrogens (tertiary/aromatic N) is 2. The van der Waals surface area contributed by atoms with Crippen LogP contribution in [0.15, 0.2) is 28.9 Å². The Labute approximate surface area is 161 Å². The lowest BCUT2D eigenvalue weighted by Crippen LogP contribution is -2.27. The molecule has 1 aliphatic rings. The van der Waals surface area contributed by atoms with E-state index in [0.29, 0.717) is 22.6 Å². The molecule has 1 atom stereocenters. The SMILES string of the molecule is CCN(CC)CCON=C1/C(=C/c2ccc(Cl)c(Cl)c2)CCC[C@H]1C. The Morgan fingerprint density at radius 2 is 2.00 bits per heavy atom. The minimum absolute atomic E-state index is 0.413. The minimum atomic E-state index is 0.413. The van der Waals surface area contributed by atoms with Crippen LogP contribution in [0, 0.1) is 5.92 Å². The first-order valence-electron chi connectivity index (χ1n) is 9.13. The fourth-order valence-corrected chi connectivity index (χ4v) is 3.41. The van der Waals surface area contributed by atoms with Crippen molar-refractivity contribution in [1.29, 1.82) is 0 Å². The molecule has 2 rings (SSSR count). The molecule has 0 aromatic heterocycles. The summed E-state index contributed by atoms with van der Waals surface area (Å²) in [6.07, 6.45) is 5.50. The van der Waals surface area contributed by atoms with E-state index in [0.717, 1.165) is 43.8 Å². The molecule has 138 valence electrons. The number of allylic oxidation sites excluding steroid dienone is 1. The van der Waals surface area contributed by atoms with Crippen LogP contribution in [0.4, 0.5) is 0 Å². The molecule has 0 amide bonds. The smallest absolute Gasteiger partial charge is 0.129 e. The van der Waals surface area contributed by atoms with Crippen molar-refractivity contribution in [1.82, 2.24) is 4.90 Å². The van der Waals surface area contributed by atoms with E-state index in [1.807, 2.05) is 18.2 Å². The molecule has 1 fully saturated rings. The third kappa shape index (κ3) is 6.02. The van der Waals surface area contributed by atoms with Crippen molar-refractivity contribution in [3.8, 4) is 0 Å². The predicted molar refractivity (Wildman–Crippen MR) is 109 cm³/mol. The van der Waals surface area contributed by atoms with Gasteiger partial charge in [-0.3, -0.25) is 0 Å². The number of rotatable bonds is 7. The summed E-state index contributed by atoms with van der Waals surface area (Å²) in [4.78, 5) is 7.98. The lowest BCUT2D eigenvalue weighted by atomic mass is 9.84. The second-order valence-corrected chi connectivity index (χ2v) is 7.29. The van der Waals surface area contributed by atoms with Gasteiger partial charge in [0, 0.05) is 12.5 Å². The highest BCUT2D eigenvalue weighted by Gasteiger charge is 2.21. The van der Waals surface area contributed by atoms with Gasteiger partial charge in [-0.2, -0.15) is 0 Å². The van der Waals surface area contributed by atoms with Crippen LogP contribution in [0.1, 0.15) is 45.6 Å². The van der Waals surface area contributed by atoms with Crippen molar-refractivity contribution in [2.24, 2.45) is 11.1 Å². The van der Waals surface area contributed by atoms with E-state index in [-0.39, 0.29) is 0 Å². The number of halogens is 2. The van der Waals surface area contributed by atoms with Crippen LogP contribution in [-0.4, -0.2) is 36.9 Å². The average molecular weight is 383 g/mol. The number of hydrogen-bond acceptors (Lipinski definition) is 3. The van der Waals surface area contributed by atoms with Crippen molar-refractivity contribution in [2.45, 2.75) is 40.0 Å². The van der Waals surface area contributed by atoms with Gasteiger partial charge in [-0.05, 0) is 61.7 Å². The standard InChI is InChI=1S/C20H28Cl2N2O/c1-4-24(5-2)11-12-25-23-20-15(3)7-6-8-17(20)13-16-9-10-18(21)19(22)14-16/h9-10,13-15H,4-8,11-12H2,1-3H3/b17-13+,23-20?/t15-/m1/s1. The van der Waals surface area contributed by atoms with Gasteiger partial charge in [0.2, 0.25) is 0 Å². The maximum atomic E-state index is 6.14. The Hall–Kier alpha value is -1.03. The van der Waals surface area contributed by atoms with E-state index in [1.54, 1.807) is 0 Å². The first kappa shape index (κ1) is 20.3. The average Bonchev–Trinajstić information content (AvgIpc) is 2.60. The molecule has 5 heteroatoms. The summed E-state index contributed by atoms with van der Waals surface area (Å²) >= 11 is 12.1. The number of hydrogen-bond donors (Lipinski definition) is 0. The Morgan fingerprint density at radius 1 is 1.24 bits per heavy atom. The van der Waals surface area contributed by atoms with Crippen LogP contribution >= 0.6 is 23.2 Å². The zero-order valence-electron chi connectivity index (χ0n) is 15.4. The molecule has 3 nitrogen and oxygen atoms in total. The quantitative estimate of drug-likeness (QED) is 0.432. The van der Waals surface area contributed by atoms with Crippen LogP contribution < -0.4 is 0 Å². The van der Waals surface area contributed by atoms with Gasteiger partial charge in [0.05, 0.1) is 15.8 Å². The van der Waals surface area contributed by atoms with E-state index in [1.165, 1.54) is 12.0 Å². The third-order valence-corrected chi connectivity index (χ3v) is 5.46.